The molecule has 4 aromatic rings. The number of carbonyl (C=O) groups excluding carboxylic acids is 1. The fourth-order valence-electron chi connectivity index (χ4n) is 6.63. The number of halogens is 1. The third-order valence-electron chi connectivity index (χ3n) is 9.35. The van der Waals surface area contributed by atoms with Crippen molar-refractivity contribution in [2.75, 3.05) is 31.7 Å². The number of imidazole rings is 1. The number of hydrogen-bond donors (Lipinski definition) is 0. The van der Waals surface area contributed by atoms with Crippen molar-refractivity contribution in [3.8, 4) is 28.1 Å². The second-order valence-corrected chi connectivity index (χ2v) is 14.7. The Hall–Kier alpha value is -4.47. The number of benzene rings is 2. The van der Waals surface area contributed by atoms with Gasteiger partial charge in [0.15, 0.2) is 6.10 Å². The van der Waals surface area contributed by atoms with Crippen molar-refractivity contribution in [2.24, 2.45) is 0 Å². The SMILES string of the molecule is C=CCOC1(C)CCN(c2c(C(OC(C)(C)C)C(=O)OC)c(C)cc3nc(-c4cccc(-c5cc(F)c(C)cc5OC(C)CC=C)c4)cn23)CC1. The van der Waals surface area contributed by atoms with Crippen LogP contribution in [-0.2, 0) is 19.0 Å². The number of ether oxygens (including phenoxy) is 4. The fourth-order valence-corrected chi connectivity index (χ4v) is 6.63. The molecule has 0 amide bonds. The number of aryl methyl sites for hydroxylation is 2. The first-order chi connectivity index (χ1) is 24.2. The molecule has 0 bridgehead atoms. The smallest absolute Gasteiger partial charge is 0.339 e. The molecule has 0 aliphatic carbocycles. The van der Waals surface area contributed by atoms with Gasteiger partial charge in [0.1, 0.15) is 23.0 Å². The maximum absolute atomic E-state index is 15.0. The van der Waals surface area contributed by atoms with Gasteiger partial charge in [0.2, 0.25) is 0 Å². The number of pyridine rings is 1. The molecule has 1 fully saturated rings. The summed E-state index contributed by atoms with van der Waals surface area (Å²) in [5.41, 5.74) is 4.98. The second kappa shape index (κ2) is 15.4. The summed E-state index contributed by atoms with van der Waals surface area (Å²) in [6, 6.07) is 13.2. The van der Waals surface area contributed by atoms with Crippen LogP contribution in [0.15, 0.2) is 74.0 Å². The van der Waals surface area contributed by atoms with Crippen molar-refractivity contribution in [3.05, 3.63) is 96.5 Å². The molecule has 51 heavy (non-hydrogen) atoms. The maximum Gasteiger partial charge on any atom is 0.339 e. The van der Waals surface area contributed by atoms with E-state index in [0.29, 0.717) is 43.0 Å². The Balaban J connectivity index is 1.65. The van der Waals surface area contributed by atoms with Crippen molar-refractivity contribution >= 4 is 17.4 Å². The van der Waals surface area contributed by atoms with E-state index in [1.54, 1.807) is 19.1 Å². The molecule has 2 atom stereocenters. The molecular formula is C42H52FN3O5. The van der Waals surface area contributed by atoms with Crippen LogP contribution in [-0.4, -0.2) is 59.5 Å². The van der Waals surface area contributed by atoms with Crippen LogP contribution in [0.1, 0.15) is 76.7 Å². The van der Waals surface area contributed by atoms with Crippen LogP contribution in [0.3, 0.4) is 0 Å². The van der Waals surface area contributed by atoms with Gasteiger partial charge in [-0.05, 0) is 102 Å². The molecule has 1 saturated heterocycles. The fraction of sp³-hybridized carbons (Fsp3) is 0.429. The number of nitrogens with zero attached hydrogens (tertiary/aromatic N) is 3. The molecule has 1 aliphatic heterocycles. The molecule has 0 saturated carbocycles. The summed E-state index contributed by atoms with van der Waals surface area (Å²) >= 11 is 0. The van der Waals surface area contributed by atoms with E-state index >= 15 is 4.39 Å². The summed E-state index contributed by atoms with van der Waals surface area (Å²) in [4.78, 5) is 20.8. The molecule has 0 spiro atoms. The van der Waals surface area contributed by atoms with Gasteiger partial charge >= 0.3 is 5.97 Å². The van der Waals surface area contributed by atoms with Gasteiger partial charge in [0.25, 0.3) is 0 Å². The van der Waals surface area contributed by atoms with Gasteiger partial charge in [0, 0.05) is 42.4 Å². The van der Waals surface area contributed by atoms with Gasteiger partial charge in [-0.3, -0.25) is 4.40 Å². The molecule has 9 heteroatoms. The monoisotopic (exact) mass is 697 g/mol. The topological polar surface area (TPSA) is 74.5 Å². The molecule has 0 N–H and O–H groups in total. The number of esters is 1. The predicted molar refractivity (Wildman–Crippen MR) is 202 cm³/mol. The van der Waals surface area contributed by atoms with E-state index < -0.39 is 17.7 Å². The summed E-state index contributed by atoms with van der Waals surface area (Å²) in [6.45, 7) is 23.1. The summed E-state index contributed by atoms with van der Waals surface area (Å²) in [5, 5.41) is 0. The van der Waals surface area contributed by atoms with Gasteiger partial charge in [-0.1, -0.05) is 30.4 Å². The molecule has 1 aliphatic rings. The zero-order chi connectivity index (χ0) is 37.1. The lowest BCUT2D eigenvalue weighted by Crippen LogP contribution is -2.45. The molecule has 2 unspecified atom stereocenters. The van der Waals surface area contributed by atoms with Crippen LogP contribution in [0.25, 0.3) is 28.0 Å². The first-order valence-corrected chi connectivity index (χ1v) is 17.6. The van der Waals surface area contributed by atoms with E-state index in [0.717, 1.165) is 52.3 Å². The van der Waals surface area contributed by atoms with Gasteiger partial charge < -0.3 is 23.8 Å². The third-order valence-corrected chi connectivity index (χ3v) is 9.35. The van der Waals surface area contributed by atoms with Crippen LogP contribution in [0, 0.1) is 19.7 Å². The number of piperidine rings is 1. The standard InChI is InChI=1S/C42H52FN3O5/c1-11-14-29(5)50-35-22-27(3)33(43)25-32(35)30-15-13-16-31(24-30)34-26-46-36(44-34)23-28(4)37(38(40(47)48-10)51-41(6,7)8)39(46)45-19-17-42(9,18-20-45)49-21-12-2/h11-13,15-16,22-26,29,38H,1-2,14,17-21H2,3-10H3. The molecule has 5 rings (SSSR count). The van der Waals surface area contributed by atoms with Gasteiger partial charge in [-0.2, -0.15) is 0 Å². The zero-order valence-corrected chi connectivity index (χ0v) is 31.3. The number of hydrogen-bond acceptors (Lipinski definition) is 7. The number of carbonyl (C=O) groups is 1. The number of anilines is 1. The number of aromatic nitrogens is 2. The van der Waals surface area contributed by atoms with Crippen LogP contribution < -0.4 is 9.64 Å². The van der Waals surface area contributed by atoms with E-state index in [1.807, 2.05) is 77.2 Å². The summed E-state index contributed by atoms with van der Waals surface area (Å²) in [7, 11) is 1.39. The molecule has 8 nitrogen and oxygen atoms in total. The minimum atomic E-state index is -0.966. The van der Waals surface area contributed by atoms with Crippen molar-refractivity contribution in [1.29, 1.82) is 0 Å². The summed E-state index contributed by atoms with van der Waals surface area (Å²) < 4.78 is 41.3. The lowest BCUT2D eigenvalue weighted by atomic mass is 9.92. The van der Waals surface area contributed by atoms with Crippen molar-refractivity contribution < 1.29 is 28.1 Å². The molecule has 272 valence electrons. The van der Waals surface area contributed by atoms with Gasteiger partial charge in [0.05, 0.1) is 36.7 Å². The first kappa shape index (κ1) is 37.8. The molecular weight excluding hydrogens is 645 g/mol. The van der Waals surface area contributed by atoms with E-state index in [9.17, 15) is 4.79 Å². The van der Waals surface area contributed by atoms with Crippen LogP contribution in [0.4, 0.5) is 10.2 Å². The highest BCUT2D eigenvalue weighted by Gasteiger charge is 2.37. The molecule has 2 aromatic heterocycles. The number of fused-ring (bicyclic) bond motifs is 1. The average molecular weight is 698 g/mol. The third kappa shape index (κ3) is 8.54. The Morgan fingerprint density at radius 2 is 1.76 bits per heavy atom. The summed E-state index contributed by atoms with van der Waals surface area (Å²) in [6.07, 6.45) is 6.73. The highest BCUT2D eigenvalue weighted by atomic mass is 19.1. The van der Waals surface area contributed by atoms with E-state index in [-0.39, 0.29) is 17.5 Å². The number of rotatable bonds is 13. The summed E-state index contributed by atoms with van der Waals surface area (Å²) in [5.74, 6) is 0.672. The van der Waals surface area contributed by atoms with Crippen LogP contribution >= 0.6 is 0 Å². The maximum atomic E-state index is 15.0. The average Bonchev–Trinajstić information content (AvgIpc) is 3.51. The quantitative estimate of drug-likeness (QED) is 0.102. The Labute approximate surface area is 301 Å². The van der Waals surface area contributed by atoms with E-state index in [1.165, 1.54) is 13.2 Å². The number of methoxy groups -OCH3 is 1. The normalized spacial score (nSPS) is 15.7. The highest BCUT2D eigenvalue weighted by Crippen LogP contribution is 2.41. The lowest BCUT2D eigenvalue weighted by Gasteiger charge is -2.41. The molecule has 3 heterocycles. The Kier molecular flexibility index (Phi) is 11.4. The highest BCUT2D eigenvalue weighted by molar-refractivity contribution is 5.82. The van der Waals surface area contributed by atoms with E-state index in [4.69, 9.17) is 23.9 Å². The zero-order valence-electron chi connectivity index (χ0n) is 31.3. The molecule has 2 aromatic carbocycles. The predicted octanol–water partition coefficient (Wildman–Crippen LogP) is 9.36. The van der Waals surface area contributed by atoms with Gasteiger partial charge in [-0.25, -0.2) is 14.2 Å². The minimum absolute atomic E-state index is 0.124. The Morgan fingerprint density at radius 1 is 1.06 bits per heavy atom. The Morgan fingerprint density at radius 3 is 2.41 bits per heavy atom. The largest absolute Gasteiger partial charge is 0.490 e. The second-order valence-electron chi connectivity index (χ2n) is 14.7. The van der Waals surface area contributed by atoms with E-state index in [2.05, 4.69) is 29.4 Å². The van der Waals surface area contributed by atoms with Crippen molar-refractivity contribution in [1.82, 2.24) is 9.38 Å². The molecule has 0 radical (unpaired) electrons. The lowest BCUT2D eigenvalue weighted by molar-refractivity contribution is -0.164. The van der Waals surface area contributed by atoms with Crippen LogP contribution in [0.2, 0.25) is 0 Å². The van der Waals surface area contributed by atoms with Gasteiger partial charge in [-0.15, -0.1) is 13.2 Å². The van der Waals surface area contributed by atoms with Crippen molar-refractivity contribution in [2.45, 2.75) is 91.1 Å². The first-order valence-electron chi connectivity index (χ1n) is 17.6. The van der Waals surface area contributed by atoms with Crippen LogP contribution in [0.5, 0.6) is 5.75 Å². The Bertz CT molecular complexity index is 1900. The van der Waals surface area contributed by atoms with Crippen molar-refractivity contribution in [3.63, 3.8) is 0 Å². The minimum Gasteiger partial charge on any atom is -0.490 e.